The number of unbranched alkanes of at least 4 members (excludes halogenated alkanes) is 1. The minimum Gasteiger partial charge on any atom is -0.465 e. The van der Waals surface area contributed by atoms with Crippen LogP contribution in [0.3, 0.4) is 0 Å². The minimum atomic E-state index is -0.810. The van der Waals surface area contributed by atoms with Gasteiger partial charge in [0.25, 0.3) is 0 Å². The summed E-state index contributed by atoms with van der Waals surface area (Å²) < 4.78 is 4.45. The average Bonchev–Trinajstić information content (AvgIpc) is 3.48. The zero-order chi connectivity index (χ0) is 29.3. The first-order valence-corrected chi connectivity index (χ1v) is 15.1. The van der Waals surface area contributed by atoms with Crippen LogP contribution in [-0.4, -0.2) is 79.6 Å². The first-order valence-electron chi connectivity index (χ1n) is 14.3. The predicted molar refractivity (Wildman–Crippen MR) is 159 cm³/mol. The largest absolute Gasteiger partial charge is 0.465 e. The third-order valence-corrected chi connectivity index (χ3v) is 10.8. The van der Waals surface area contributed by atoms with Gasteiger partial charge in [-0.05, 0) is 65.4 Å². The Morgan fingerprint density at radius 3 is 2.52 bits per heavy atom. The number of fused-ring (bicyclic) bond motifs is 1. The van der Waals surface area contributed by atoms with Crippen molar-refractivity contribution in [3.05, 3.63) is 61.2 Å². The van der Waals surface area contributed by atoms with Crippen molar-refractivity contribution in [3.8, 4) is 0 Å². The molecule has 0 aliphatic carbocycles. The summed E-state index contributed by atoms with van der Waals surface area (Å²) in [7, 11) is 0. The summed E-state index contributed by atoms with van der Waals surface area (Å²) >= 11 is 1.62. The van der Waals surface area contributed by atoms with Gasteiger partial charge in [0.1, 0.15) is 6.04 Å². The van der Waals surface area contributed by atoms with Gasteiger partial charge in [-0.15, -0.1) is 24.9 Å². The zero-order valence-corrected chi connectivity index (χ0v) is 25.1. The molecular weight excluding hydrogens is 524 g/mol. The second kappa shape index (κ2) is 11.7. The molecule has 2 bridgehead atoms. The first kappa shape index (κ1) is 30.4. The van der Waals surface area contributed by atoms with E-state index in [2.05, 4.69) is 13.2 Å². The lowest BCUT2D eigenvalue weighted by Gasteiger charge is -2.43. The molecule has 3 aliphatic rings. The molecule has 6 atom stereocenters. The number of allylic oxidation sites excluding steroid dienone is 1. The number of aliphatic hydroxyl groups is 1. The van der Waals surface area contributed by atoms with Gasteiger partial charge >= 0.3 is 5.97 Å². The zero-order valence-electron chi connectivity index (χ0n) is 24.3. The number of carbonyl (C=O) groups excluding carboxylic acids is 3. The number of amides is 2. The molecule has 3 heterocycles. The summed E-state index contributed by atoms with van der Waals surface area (Å²) in [4.78, 5) is 46.2. The molecule has 4 rings (SSSR count). The van der Waals surface area contributed by atoms with Crippen LogP contribution in [0.25, 0.3) is 0 Å². The van der Waals surface area contributed by atoms with Crippen LogP contribution >= 0.6 is 11.8 Å². The van der Waals surface area contributed by atoms with E-state index in [0.717, 1.165) is 12.0 Å². The molecule has 40 heavy (non-hydrogen) atoms. The van der Waals surface area contributed by atoms with E-state index >= 15 is 0 Å². The SMILES string of the molecule is C=CCCCOC(=O)[C@H]1[C@H]2C(=O)N([C@@H](CO)Cc3ccccc3)C(C(=O)N(CC=C)C(C)(C)C)C23CC[C@]1(C)S3. The highest BCUT2D eigenvalue weighted by molar-refractivity contribution is 8.02. The van der Waals surface area contributed by atoms with Gasteiger partial charge in [0.15, 0.2) is 0 Å². The number of carbonyl (C=O) groups is 3. The van der Waals surface area contributed by atoms with E-state index < -0.39 is 39.0 Å². The second-order valence-electron chi connectivity index (χ2n) is 12.5. The predicted octanol–water partition coefficient (Wildman–Crippen LogP) is 4.39. The van der Waals surface area contributed by atoms with Crippen molar-refractivity contribution in [3.63, 3.8) is 0 Å². The lowest BCUT2D eigenvalue weighted by molar-refractivity contribution is -0.156. The van der Waals surface area contributed by atoms with E-state index in [1.54, 1.807) is 33.7 Å². The van der Waals surface area contributed by atoms with Crippen LogP contribution in [0, 0.1) is 11.8 Å². The molecule has 0 saturated carbocycles. The van der Waals surface area contributed by atoms with E-state index in [9.17, 15) is 19.5 Å². The van der Waals surface area contributed by atoms with Gasteiger partial charge in [-0.25, -0.2) is 0 Å². The van der Waals surface area contributed by atoms with Crippen LogP contribution in [-0.2, 0) is 25.5 Å². The molecule has 7 nitrogen and oxygen atoms in total. The Kier molecular flexibility index (Phi) is 8.91. The highest BCUT2D eigenvalue weighted by Crippen LogP contribution is 2.72. The Morgan fingerprint density at radius 1 is 1.23 bits per heavy atom. The van der Waals surface area contributed by atoms with Gasteiger partial charge < -0.3 is 19.6 Å². The average molecular weight is 569 g/mol. The molecule has 1 aromatic carbocycles. The van der Waals surface area contributed by atoms with Crippen LogP contribution in [0.4, 0.5) is 0 Å². The van der Waals surface area contributed by atoms with Crippen molar-refractivity contribution >= 4 is 29.5 Å². The summed E-state index contributed by atoms with van der Waals surface area (Å²) in [6.45, 7) is 15.9. The van der Waals surface area contributed by atoms with Gasteiger partial charge in [0.2, 0.25) is 11.8 Å². The topological polar surface area (TPSA) is 87.1 Å². The molecule has 2 unspecified atom stereocenters. The third kappa shape index (κ3) is 5.25. The Balaban J connectivity index is 1.78. The number of thioether (sulfide) groups is 1. The molecule has 3 fully saturated rings. The lowest BCUT2D eigenvalue weighted by Crippen LogP contribution is -2.60. The van der Waals surface area contributed by atoms with Crippen LogP contribution < -0.4 is 0 Å². The normalized spacial score (nSPS) is 29.7. The summed E-state index contributed by atoms with van der Waals surface area (Å²) in [6.07, 6.45) is 6.68. The van der Waals surface area contributed by atoms with E-state index in [0.29, 0.717) is 32.2 Å². The first-order chi connectivity index (χ1) is 18.9. The highest BCUT2D eigenvalue weighted by Gasteiger charge is 2.78. The Bertz CT molecular complexity index is 1130. The second-order valence-corrected chi connectivity index (χ2v) is 14.4. The molecule has 1 aromatic rings. The van der Waals surface area contributed by atoms with Crippen LogP contribution in [0.5, 0.6) is 0 Å². The van der Waals surface area contributed by atoms with E-state index in [4.69, 9.17) is 4.74 Å². The van der Waals surface area contributed by atoms with Gasteiger partial charge in [0, 0.05) is 16.8 Å². The monoisotopic (exact) mass is 568 g/mol. The quantitative estimate of drug-likeness (QED) is 0.229. The maximum Gasteiger partial charge on any atom is 0.311 e. The van der Waals surface area contributed by atoms with Crippen molar-refractivity contribution in [1.29, 1.82) is 0 Å². The van der Waals surface area contributed by atoms with Crippen molar-refractivity contribution in [2.75, 3.05) is 19.8 Å². The van der Waals surface area contributed by atoms with Gasteiger partial charge in [-0.1, -0.05) is 42.5 Å². The summed E-state index contributed by atoms with van der Waals surface area (Å²) in [6, 6.07) is 8.28. The van der Waals surface area contributed by atoms with Crippen molar-refractivity contribution < 1.29 is 24.2 Å². The number of rotatable bonds is 12. The minimum absolute atomic E-state index is 0.161. The van der Waals surface area contributed by atoms with Gasteiger partial charge in [0.05, 0.1) is 35.8 Å². The van der Waals surface area contributed by atoms with E-state index in [-0.39, 0.29) is 31.0 Å². The molecule has 8 heteroatoms. The molecule has 0 radical (unpaired) electrons. The third-order valence-electron chi connectivity index (χ3n) is 8.81. The number of ether oxygens (including phenoxy) is 1. The van der Waals surface area contributed by atoms with Crippen LogP contribution in [0.1, 0.15) is 58.9 Å². The molecule has 1 N–H and O–H groups in total. The maximum atomic E-state index is 14.6. The number of nitrogens with zero attached hydrogens (tertiary/aromatic N) is 2. The van der Waals surface area contributed by atoms with Gasteiger partial charge in [-0.2, -0.15) is 0 Å². The fourth-order valence-electron chi connectivity index (χ4n) is 6.99. The standard InChI is InChI=1S/C32H44N2O5S/c1-7-9-13-19-39-29(38)25-24-27(36)34(23(21-35)20-22-14-11-10-12-15-22)26(32(24)17-16-31(25,6)40-32)28(37)33(18-8-2)30(3,4)5/h7-8,10-12,14-15,23-26,35H,1-2,9,13,16-21H2,3-6H3/t23-,24+,25-,26?,31+,32?/m1/s1. The summed E-state index contributed by atoms with van der Waals surface area (Å²) in [5.74, 6) is -2.10. The molecular formula is C32H44N2O5S. The van der Waals surface area contributed by atoms with E-state index in [1.165, 1.54) is 0 Å². The van der Waals surface area contributed by atoms with Crippen molar-refractivity contribution in [2.24, 2.45) is 11.8 Å². The summed E-state index contributed by atoms with van der Waals surface area (Å²) in [5, 5.41) is 10.6. The Morgan fingerprint density at radius 2 is 1.93 bits per heavy atom. The van der Waals surface area contributed by atoms with Crippen LogP contribution in [0.15, 0.2) is 55.6 Å². The fourth-order valence-corrected chi connectivity index (χ4v) is 9.32. The highest BCUT2D eigenvalue weighted by atomic mass is 32.2. The number of aliphatic hydroxyl groups excluding tert-OH is 1. The fraction of sp³-hybridized carbons (Fsp3) is 0.594. The Labute approximate surface area is 243 Å². The lowest BCUT2D eigenvalue weighted by atomic mass is 9.66. The van der Waals surface area contributed by atoms with Crippen LogP contribution in [0.2, 0.25) is 0 Å². The van der Waals surface area contributed by atoms with E-state index in [1.807, 2.05) is 58.0 Å². The Hall–Kier alpha value is -2.58. The molecule has 1 spiro atoms. The molecule has 3 aliphatic heterocycles. The summed E-state index contributed by atoms with van der Waals surface area (Å²) in [5.41, 5.74) is 0.452. The maximum absolute atomic E-state index is 14.6. The number of hydrogen-bond donors (Lipinski definition) is 1. The number of likely N-dealkylation sites (tertiary alicyclic amines) is 1. The number of benzene rings is 1. The molecule has 0 aromatic heterocycles. The van der Waals surface area contributed by atoms with Crippen molar-refractivity contribution in [2.45, 2.75) is 86.9 Å². The number of hydrogen-bond acceptors (Lipinski definition) is 6. The number of esters is 1. The molecule has 2 amide bonds. The molecule has 218 valence electrons. The molecule has 3 saturated heterocycles. The smallest absolute Gasteiger partial charge is 0.311 e. The van der Waals surface area contributed by atoms with Gasteiger partial charge in [-0.3, -0.25) is 14.4 Å². The van der Waals surface area contributed by atoms with Crippen molar-refractivity contribution in [1.82, 2.24) is 9.80 Å².